The molecular formula is C24H15N5O. The van der Waals surface area contributed by atoms with Crippen LogP contribution in [0.2, 0.25) is 0 Å². The molecule has 0 atom stereocenters. The lowest BCUT2D eigenvalue weighted by molar-refractivity contribution is 0.103. The molecule has 3 aromatic heterocycles. The van der Waals surface area contributed by atoms with E-state index in [0.29, 0.717) is 16.8 Å². The van der Waals surface area contributed by atoms with E-state index in [-0.39, 0.29) is 11.5 Å². The zero-order chi connectivity index (χ0) is 20.3. The van der Waals surface area contributed by atoms with Gasteiger partial charge in [-0.05, 0) is 23.8 Å². The second-order valence-corrected chi connectivity index (χ2v) is 6.69. The number of nitrogens with zero attached hydrogens (tertiary/aromatic N) is 5. The molecule has 0 amide bonds. The first-order chi connectivity index (χ1) is 14.8. The molecule has 5 rings (SSSR count). The van der Waals surface area contributed by atoms with E-state index in [1.54, 1.807) is 18.6 Å². The summed E-state index contributed by atoms with van der Waals surface area (Å²) in [6, 6.07) is 15.7. The Hall–Kier alpha value is -4.32. The number of ketones is 1. The van der Waals surface area contributed by atoms with Gasteiger partial charge in [0.05, 0.1) is 23.6 Å². The average Bonchev–Trinajstić information content (AvgIpc) is 2.84. The topological polar surface area (TPSA) is 81.5 Å². The van der Waals surface area contributed by atoms with Crippen molar-refractivity contribution in [3.63, 3.8) is 0 Å². The van der Waals surface area contributed by atoms with Crippen molar-refractivity contribution in [2.75, 3.05) is 0 Å². The molecule has 5 aromatic rings. The van der Waals surface area contributed by atoms with Gasteiger partial charge in [0.25, 0.3) is 0 Å². The molecule has 0 fully saturated rings. The Morgan fingerprint density at radius 2 is 1.53 bits per heavy atom. The largest absolute Gasteiger partial charge is 0.287 e. The highest BCUT2D eigenvalue weighted by Gasteiger charge is 2.18. The number of pyridine rings is 1. The molecule has 0 saturated heterocycles. The minimum absolute atomic E-state index is 0.223. The number of hydrogen-bond acceptors (Lipinski definition) is 6. The van der Waals surface area contributed by atoms with E-state index in [2.05, 4.69) is 31.0 Å². The molecule has 0 saturated carbocycles. The smallest absolute Gasteiger partial charge is 0.213 e. The Morgan fingerprint density at radius 1 is 0.700 bits per heavy atom. The highest BCUT2D eigenvalue weighted by Crippen LogP contribution is 2.30. The van der Waals surface area contributed by atoms with Gasteiger partial charge < -0.3 is 0 Å². The number of aromatic nitrogens is 5. The molecule has 2 aromatic carbocycles. The van der Waals surface area contributed by atoms with Crippen molar-refractivity contribution >= 4 is 16.7 Å². The molecular weight excluding hydrogens is 374 g/mol. The van der Waals surface area contributed by atoms with Crippen molar-refractivity contribution in [2.45, 2.75) is 0 Å². The maximum atomic E-state index is 13.3. The number of fused-ring (bicyclic) bond motifs is 1. The first kappa shape index (κ1) is 17.8. The number of para-hydroxylation sites is 1. The van der Waals surface area contributed by atoms with E-state index in [0.717, 1.165) is 22.0 Å². The summed E-state index contributed by atoms with van der Waals surface area (Å²) in [5, 5.41) is 1.04. The molecule has 0 spiro atoms. The summed E-state index contributed by atoms with van der Waals surface area (Å²) in [6.07, 6.45) is 11.2. The SMILES string of the molecule is O=C(c1cnccn1)c1cc(-c2cnc3ccccc3c2)ccc1-c1cnccn1. The van der Waals surface area contributed by atoms with Gasteiger partial charge in [-0.3, -0.25) is 24.7 Å². The fourth-order valence-electron chi connectivity index (χ4n) is 3.36. The third-order valence-corrected chi connectivity index (χ3v) is 4.82. The average molecular weight is 389 g/mol. The lowest BCUT2D eigenvalue weighted by Crippen LogP contribution is -2.07. The summed E-state index contributed by atoms with van der Waals surface area (Å²) in [5.41, 5.74) is 4.80. The molecule has 3 heterocycles. The van der Waals surface area contributed by atoms with Crippen molar-refractivity contribution in [1.82, 2.24) is 24.9 Å². The maximum absolute atomic E-state index is 13.3. The zero-order valence-corrected chi connectivity index (χ0v) is 15.8. The van der Waals surface area contributed by atoms with Crippen LogP contribution in [0.4, 0.5) is 0 Å². The third kappa shape index (κ3) is 3.31. The molecule has 6 heteroatoms. The van der Waals surface area contributed by atoms with Gasteiger partial charge in [-0.15, -0.1) is 0 Å². The highest BCUT2D eigenvalue weighted by atomic mass is 16.1. The minimum Gasteiger partial charge on any atom is -0.287 e. The molecule has 0 aliphatic heterocycles. The monoisotopic (exact) mass is 389 g/mol. The van der Waals surface area contributed by atoms with Gasteiger partial charge in [0.1, 0.15) is 5.69 Å². The zero-order valence-electron chi connectivity index (χ0n) is 15.8. The molecule has 0 bridgehead atoms. The summed E-state index contributed by atoms with van der Waals surface area (Å²) in [5.74, 6) is -0.223. The predicted octanol–water partition coefficient (Wildman–Crippen LogP) is 4.38. The van der Waals surface area contributed by atoms with Gasteiger partial charge in [0, 0.05) is 53.1 Å². The van der Waals surface area contributed by atoms with Crippen molar-refractivity contribution in [1.29, 1.82) is 0 Å². The van der Waals surface area contributed by atoms with E-state index < -0.39 is 0 Å². The molecule has 0 radical (unpaired) electrons. The van der Waals surface area contributed by atoms with E-state index in [4.69, 9.17) is 0 Å². The van der Waals surface area contributed by atoms with Crippen LogP contribution in [0.5, 0.6) is 0 Å². The Morgan fingerprint density at radius 3 is 2.33 bits per heavy atom. The van der Waals surface area contributed by atoms with Gasteiger partial charge in [-0.25, -0.2) is 4.98 Å². The van der Waals surface area contributed by atoms with Crippen LogP contribution in [0.25, 0.3) is 33.3 Å². The van der Waals surface area contributed by atoms with Gasteiger partial charge in [-0.2, -0.15) is 0 Å². The fraction of sp³-hybridized carbons (Fsp3) is 0. The molecule has 142 valence electrons. The van der Waals surface area contributed by atoms with E-state index >= 15 is 0 Å². The highest BCUT2D eigenvalue weighted by molar-refractivity contribution is 6.12. The van der Waals surface area contributed by atoms with Crippen molar-refractivity contribution in [3.05, 3.63) is 103 Å². The molecule has 0 aliphatic carbocycles. The summed E-state index contributed by atoms with van der Waals surface area (Å²) >= 11 is 0. The van der Waals surface area contributed by atoms with E-state index in [9.17, 15) is 4.79 Å². The molecule has 6 nitrogen and oxygen atoms in total. The van der Waals surface area contributed by atoms with Crippen LogP contribution in [0.1, 0.15) is 16.1 Å². The Labute approximate surface area is 172 Å². The lowest BCUT2D eigenvalue weighted by atomic mass is 9.94. The van der Waals surface area contributed by atoms with Crippen molar-refractivity contribution in [3.8, 4) is 22.4 Å². The second-order valence-electron chi connectivity index (χ2n) is 6.69. The number of hydrogen-bond donors (Lipinski definition) is 0. The maximum Gasteiger partial charge on any atom is 0.213 e. The molecule has 0 unspecified atom stereocenters. The van der Waals surface area contributed by atoms with E-state index in [1.165, 1.54) is 18.6 Å². The van der Waals surface area contributed by atoms with Crippen LogP contribution < -0.4 is 0 Å². The molecule has 30 heavy (non-hydrogen) atoms. The molecule has 0 N–H and O–H groups in total. The Balaban J connectivity index is 1.67. The van der Waals surface area contributed by atoms with Crippen LogP contribution >= 0.6 is 0 Å². The van der Waals surface area contributed by atoms with Crippen LogP contribution in [-0.2, 0) is 0 Å². The summed E-state index contributed by atoms with van der Waals surface area (Å²) < 4.78 is 0. The molecule has 0 aliphatic rings. The number of carbonyl (C=O) groups excluding carboxylic acids is 1. The van der Waals surface area contributed by atoms with Crippen molar-refractivity contribution in [2.24, 2.45) is 0 Å². The predicted molar refractivity (Wildman–Crippen MR) is 114 cm³/mol. The quantitative estimate of drug-likeness (QED) is 0.424. The van der Waals surface area contributed by atoms with Crippen LogP contribution in [0.3, 0.4) is 0 Å². The standard InChI is InChI=1S/C24H15N5O/c30-24(23-15-26-8-10-28-23)20-12-16(5-6-19(20)22-14-25-7-9-27-22)18-11-17-3-1-2-4-21(17)29-13-18/h1-15H. The first-order valence-corrected chi connectivity index (χ1v) is 9.36. The second kappa shape index (κ2) is 7.60. The van der Waals surface area contributed by atoms with Crippen LogP contribution in [-0.4, -0.2) is 30.7 Å². The van der Waals surface area contributed by atoms with Crippen LogP contribution in [0.15, 0.2) is 91.9 Å². The van der Waals surface area contributed by atoms with Crippen molar-refractivity contribution < 1.29 is 4.79 Å². The Bertz CT molecular complexity index is 1350. The third-order valence-electron chi connectivity index (χ3n) is 4.82. The minimum atomic E-state index is -0.223. The fourth-order valence-corrected chi connectivity index (χ4v) is 3.36. The summed E-state index contributed by atoms with van der Waals surface area (Å²) in [6.45, 7) is 0. The van der Waals surface area contributed by atoms with Gasteiger partial charge in [0.2, 0.25) is 5.78 Å². The number of carbonyl (C=O) groups is 1. The summed E-state index contributed by atoms with van der Waals surface area (Å²) in [4.78, 5) is 34.5. The van der Waals surface area contributed by atoms with Gasteiger partial charge in [-0.1, -0.05) is 30.3 Å². The van der Waals surface area contributed by atoms with Crippen LogP contribution in [0, 0.1) is 0 Å². The van der Waals surface area contributed by atoms with Gasteiger partial charge >= 0.3 is 0 Å². The van der Waals surface area contributed by atoms with Gasteiger partial charge in [0.15, 0.2) is 0 Å². The number of rotatable bonds is 4. The normalized spacial score (nSPS) is 10.8. The summed E-state index contributed by atoms with van der Waals surface area (Å²) in [7, 11) is 0. The number of benzene rings is 2. The Kier molecular flexibility index (Phi) is 4.50. The lowest BCUT2D eigenvalue weighted by Gasteiger charge is -2.11. The van der Waals surface area contributed by atoms with E-state index in [1.807, 2.05) is 48.7 Å². The first-order valence-electron chi connectivity index (χ1n) is 9.36.